The molecule has 0 heterocycles. The summed E-state index contributed by atoms with van der Waals surface area (Å²) in [4.78, 5) is 10.2. The molecule has 7 heteroatoms. The van der Waals surface area contributed by atoms with Gasteiger partial charge in [-0.05, 0) is 25.6 Å². The van der Waals surface area contributed by atoms with Crippen LogP contribution in [0.5, 0.6) is 0 Å². The molecule has 94 valence electrons. The highest BCUT2D eigenvalue weighted by Crippen LogP contribution is 2.03. The average molecular weight is 266 g/mol. The molecular weight excluding hydrogens is 248 g/mol. The highest BCUT2D eigenvalue weighted by Gasteiger charge is 2.08. The number of carbonyl (C=O) groups is 1. The van der Waals surface area contributed by atoms with Crippen LogP contribution in [-0.4, -0.2) is 52.0 Å². The third kappa shape index (κ3) is 10.4. The number of carboxylic acid groups (broad SMARTS) is 1. The van der Waals surface area contributed by atoms with Crippen LogP contribution in [0.3, 0.4) is 0 Å². The van der Waals surface area contributed by atoms with Gasteiger partial charge in [0, 0.05) is 13.2 Å². The standard InChI is InChI=1S/C9H18O5SSi/c1-3-12-9(13-4-2)14-16-6-5-15-7-8(10)11/h9H,3-7H2,1-2H3,(H,10,11). The minimum absolute atomic E-state index is 0.144. The smallest absolute Gasteiger partial charge is 0.313 e. The van der Waals surface area contributed by atoms with Crippen molar-refractivity contribution in [3.05, 3.63) is 0 Å². The van der Waals surface area contributed by atoms with Crippen LogP contribution < -0.4 is 0 Å². The number of hydrogen-bond donors (Lipinski definition) is 1. The first-order chi connectivity index (χ1) is 7.70. The summed E-state index contributed by atoms with van der Waals surface area (Å²) in [5.74, 6) is 0.136. The number of ether oxygens (including phenoxy) is 2. The Labute approximate surface area is 103 Å². The first-order valence-electron chi connectivity index (χ1n) is 5.11. The molecule has 0 aromatic carbocycles. The van der Waals surface area contributed by atoms with Crippen LogP contribution in [-0.2, 0) is 18.7 Å². The monoisotopic (exact) mass is 266 g/mol. The second kappa shape index (κ2) is 11.4. The summed E-state index contributed by atoms with van der Waals surface area (Å²) >= 11 is 1.39. The van der Waals surface area contributed by atoms with Gasteiger partial charge in [-0.15, -0.1) is 0 Å². The van der Waals surface area contributed by atoms with Crippen LogP contribution in [0.2, 0.25) is 6.04 Å². The van der Waals surface area contributed by atoms with Crippen molar-refractivity contribution in [3.8, 4) is 0 Å². The Hall–Kier alpha value is -0.0831. The SMILES string of the molecule is CCOC(OCC)O[Si]CCSCC(=O)O. The van der Waals surface area contributed by atoms with Gasteiger partial charge in [-0.2, -0.15) is 11.8 Å². The fraction of sp³-hybridized carbons (Fsp3) is 0.889. The van der Waals surface area contributed by atoms with Gasteiger partial charge >= 0.3 is 5.97 Å². The van der Waals surface area contributed by atoms with Crippen LogP contribution in [0.15, 0.2) is 0 Å². The summed E-state index contributed by atoms with van der Waals surface area (Å²) in [6.07, 6.45) is 0. The molecule has 2 radical (unpaired) electrons. The third-order valence-corrected chi connectivity index (χ3v) is 3.48. The lowest BCUT2D eigenvalue weighted by atomic mass is 10.8. The van der Waals surface area contributed by atoms with Crippen molar-refractivity contribution in [2.24, 2.45) is 0 Å². The van der Waals surface area contributed by atoms with E-state index in [9.17, 15) is 4.79 Å². The van der Waals surface area contributed by atoms with E-state index in [1.54, 1.807) is 0 Å². The van der Waals surface area contributed by atoms with Crippen LogP contribution in [0.4, 0.5) is 0 Å². The highest BCUT2D eigenvalue weighted by atomic mass is 32.2. The number of aliphatic carboxylic acids is 1. The molecule has 5 nitrogen and oxygen atoms in total. The van der Waals surface area contributed by atoms with Crippen molar-refractivity contribution >= 4 is 27.5 Å². The Morgan fingerprint density at radius 3 is 2.50 bits per heavy atom. The highest BCUT2D eigenvalue weighted by molar-refractivity contribution is 7.99. The van der Waals surface area contributed by atoms with Crippen molar-refractivity contribution in [2.45, 2.75) is 26.4 Å². The normalized spacial score (nSPS) is 10.9. The van der Waals surface area contributed by atoms with Gasteiger partial charge in [-0.1, -0.05) is 0 Å². The summed E-state index contributed by atoms with van der Waals surface area (Å²) in [7, 11) is 0.272. The molecule has 0 unspecified atom stereocenters. The summed E-state index contributed by atoms with van der Waals surface area (Å²) in [6, 6.07) is 0.814. The topological polar surface area (TPSA) is 65.0 Å². The Morgan fingerprint density at radius 2 is 2.00 bits per heavy atom. The Balaban J connectivity index is 3.35. The molecule has 0 aliphatic rings. The maximum Gasteiger partial charge on any atom is 0.313 e. The van der Waals surface area contributed by atoms with Gasteiger partial charge in [0.2, 0.25) is 9.76 Å². The zero-order valence-electron chi connectivity index (χ0n) is 9.60. The van der Waals surface area contributed by atoms with E-state index in [1.807, 2.05) is 13.8 Å². The lowest BCUT2D eigenvalue weighted by Crippen LogP contribution is -2.23. The fourth-order valence-corrected chi connectivity index (χ4v) is 2.41. The van der Waals surface area contributed by atoms with Gasteiger partial charge in [0.1, 0.15) is 0 Å². The minimum atomic E-state index is -0.782. The summed E-state index contributed by atoms with van der Waals surface area (Å²) < 4.78 is 15.7. The molecule has 0 fully saturated rings. The minimum Gasteiger partial charge on any atom is -0.481 e. The van der Waals surface area contributed by atoms with E-state index in [1.165, 1.54) is 11.8 Å². The van der Waals surface area contributed by atoms with Gasteiger partial charge in [0.15, 0.2) is 0 Å². The van der Waals surface area contributed by atoms with Crippen molar-refractivity contribution in [3.63, 3.8) is 0 Å². The molecule has 1 N–H and O–H groups in total. The molecule has 0 rings (SSSR count). The lowest BCUT2D eigenvalue weighted by Gasteiger charge is -2.16. The molecule has 0 aliphatic heterocycles. The molecule has 0 aromatic rings. The summed E-state index contributed by atoms with van der Waals surface area (Å²) in [6.45, 7) is 4.26. The molecule has 16 heavy (non-hydrogen) atoms. The Morgan fingerprint density at radius 1 is 1.38 bits per heavy atom. The van der Waals surface area contributed by atoms with E-state index >= 15 is 0 Å². The van der Waals surface area contributed by atoms with Gasteiger partial charge in [0.05, 0.1) is 5.75 Å². The van der Waals surface area contributed by atoms with Gasteiger partial charge in [0.25, 0.3) is 6.48 Å². The maximum absolute atomic E-state index is 10.2. The summed E-state index contributed by atoms with van der Waals surface area (Å²) in [5, 5.41) is 8.41. The fourth-order valence-electron chi connectivity index (χ4n) is 0.789. The van der Waals surface area contributed by atoms with Crippen molar-refractivity contribution in [1.82, 2.24) is 0 Å². The van der Waals surface area contributed by atoms with E-state index < -0.39 is 12.4 Å². The quantitative estimate of drug-likeness (QED) is 0.344. The van der Waals surface area contributed by atoms with E-state index in [4.69, 9.17) is 19.0 Å². The predicted octanol–water partition coefficient (Wildman–Crippen LogP) is 1.21. The van der Waals surface area contributed by atoms with E-state index in [0.29, 0.717) is 13.2 Å². The molecule has 0 saturated heterocycles. The maximum atomic E-state index is 10.2. The third-order valence-electron chi connectivity index (χ3n) is 1.36. The zero-order valence-corrected chi connectivity index (χ0v) is 11.4. The predicted molar refractivity (Wildman–Crippen MR) is 63.6 cm³/mol. The molecule has 0 spiro atoms. The molecule has 0 aliphatic carbocycles. The number of thioether (sulfide) groups is 1. The van der Waals surface area contributed by atoms with Crippen molar-refractivity contribution in [2.75, 3.05) is 24.7 Å². The Kier molecular flexibility index (Phi) is 11.3. The van der Waals surface area contributed by atoms with Crippen LogP contribution >= 0.6 is 11.8 Å². The molecule has 0 bridgehead atoms. The van der Waals surface area contributed by atoms with Gasteiger partial charge in [-0.25, -0.2) is 0 Å². The van der Waals surface area contributed by atoms with Crippen LogP contribution in [0, 0.1) is 0 Å². The number of carboxylic acids is 1. The largest absolute Gasteiger partial charge is 0.481 e. The second-order valence-electron chi connectivity index (χ2n) is 2.66. The van der Waals surface area contributed by atoms with E-state index in [0.717, 1.165) is 11.8 Å². The van der Waals surface area contributed by atoms with E-state index in [2.05, 4.69) is 0 Å². The van der Waals surface area contributed by atoms with Crippen molar-refractivity contribution in [1.29, 1.82) is 0 Å². The number of hydrogen-bond acceptors (Lipinski definition) is 5. The Bertz CT molecular complexity index is 175. The van der Waals surface area contributed by atoms with E-state index in [-0.39, 0.29) is 15.5 Å². The average Bonchev–Trinajstić information content (AvgIpc) is 2.23. The summed E-state index contributed by atoms with van der Waals surface area (Å²) in [5.41, 5.74) is 0. The molecule has 0 aromatic heterocycles. The van der Waals surface area contributed by atoms with Crippen LogP contribution in [0.25, 0.3) is 0 Å². The van der Waals surface area contributed by atoms with Gasteiger partial charge in [-0.3, -0.25) is 4.79 Å². The molecule has 0 atom stereocenters. The second-order valence-corrected chi connectivity index (χ2v) is 4.79. The molecule has 0 amide bonds. The van der Waals surface area contributed by atoms with Gasteiger partial charge < -0.3 is 19.0 Å². The van der Waals surface area contributed by atoms with Crippen molar-refractivity contribution < 1.29 is 23.8 Å². The number of rotatable bonds is 11. The molecular formula is C9H18O5SSi. The zero-order chi connectivity index (χ0) is 12.2. The van der Waals surface area contributed by atoms with Crippen LogP contribution in [0.1, 0.15) is 13.8 Å². The first-order valence-corrected chi connectivity index (χ1v) is 7.39. The lowest BCUT2D eigenvalue weighted by molar-refractivity contribution is -0.243. The molecule has 0 saturated carbocycles. The first kappa shape index (κ1) is 15.9.